The van der Waals surface area contributed by atoms with E-state index in [0.29, 0.717) is 0 Å². The van der Waals surface area contributed by atoms with E-state index in [1.807, 2.05) is 26.0 Å². The molecule has 1 fully saturated rings. The number of likely N-dealkylation sites (tertiary alicyclic amines) is 1. The first-order valence-corrected chi connectivity index (χ1v) is 6.32. The Balaban J connectivity index is 2.10. The summed E-state index contributed by atoms with van der Waals surface area (Å²) in [5, 5.41) is 0. The molecule has 1 saturated heterocycles. The van der Waals surface area contributed by atoms with Gasteiger partial charge in [0, 0.05) is 12.1 Å². The number of ketones is 1. The minimum atomic E-state index is -0.344. The van der Waals surface area contributed by atoms with Crippen molar-refractivity contribution >= 4 is 11.7 Å². The summed E-state index contributed by atoms with van der Waals surface area (Å²) in [6.45, 7) is 4.06. The molecule has 1 amide bonds. The summed E-state index contributed by atoms with van der Waals surface area (Å²) in [5.41, 5.74) is 0. The van der Waals surface area contributed by atoms with Crippen molar-refractivity contribution in [2.75, 3.05) is 0 Å². The highest BCUT2D eigenvalue weighted by atomic mass is 16.2. The topological polar surface area (TPSA) is 37.4 Å². The lowest BCUT2D eigenvalue weighted by molar-refractivity contribution is -0.149. The van der Waals surface area contributed by atoms with Crippen LogP contribution < -0.4 is 0 Å². The zero-order valence-corrected chi connectivity index (χ0v) is 10.4. The molecule has 0 aromatic carbocycles. The number of hydrogen-bond donors (Lipinski definition) is 0. The number of hydrogen-bond acceptors (Lipinski definition) is 2. The molecule has 3 nitrogen and oxygen atoms in total. The molecule has 0 bridgehead atoms. The maximum atomic E-state index is 12.2. The van der Waals surface area contributed by atoms with Gasteiger partial charge in [0.15, 0.2) is 0 Å². The number of nitrogens with zero attached hydrogens (tertiary/aromatic N) is 1. The molecule has 0 aromatic rings. The van der Waals surface area contributed by atoms with Crippen molar-refractivity contribution in [3.8, 4) is 0 Å². The van der Waals surface area contributed by atoms with Gasteiger partial charge in [-0.25, -0.2) is 0 Å². The highest BCUT2D eigenvalue weighted by Crippen LogP contribution is 2.24. The van der Waals surface area contributed by atoms with E-state index in [4.69, 9.17) is 0 Å². The van der Waals surface area contributed by atoms with Gasteiger partial charge in [-0.15, -0.1) is 0 Å². The van der Waals surface area contributed by atoms with Crippen LogP contribution in [0.15, 0.2) is 24.3 Å². The van der Waals surface area contributed by atoms with Crippen molar-refractivity contribution in [2.45, 2.75) is 45.2 Å². The van der Waals surface area contributed by atoms with Crippen molar-refractivity contribution < 1.29 is 9.59 Å². The Morgan fingerprint density at radius 2 is 1.59 bits per heavy atom. The molecule has 0 N–H and O–H groups in total. The number of allylic oxidation sites excluding steroid dienone is 4. The van der Waals surface area contributed by atoms with Crippen molar-refractivity contribution in [3.63, 3.8) is 0 Å². The summed E-state index contributed by atoms with van der Waals surface area (Å²) < 4.78 is 0. The summed E-state index contributed by atoms with van der Waals surface area (Å²) in [6.07, 6.45) is 10.3. The summed E-state index contributed by atoms with van der Waals surface area (Å²) in [6, 6.07) is 0.370. The molecule has 2 aliphatic rings. The molecule has 2 atom stereocenters. The maximum Gasteiger partial charge on any atom is 0.291 e. The predicted molar refractivity (Wildman–Crippen MR) is 66.4 cm³/mol. The van der Waals surface area contributed by atoms with E-state index in [9.17, 15) is 9.59 Å². The Labute approximate surface area is 102 Å². The number of Topliss-reactive ketones (excluding diaryl/α,β-unsaturated/α-hetero) is 1. The molecular formula is C14H19NO2. The lowest BCUT2D eigenvalue weighted by Gasteiger charge is -2.38. The van der Waals surface area contributed by atoms with Crippen LogP contribution in [-0.2, 0) is 9.59 Å². The van der Waals surface area contributed by atoms with Crippen LogP contribution in [0.4, 0.5) is 0 Å². The van der Waals surface area contributed by atoms with E-state index < -0.39 is 0 Å². The van der Waals surface area contributed by atoms with E-state index >= 15 is 0 Å². The summed E-state index contributed by atoms with van der Waals surface area (Å²) in [4.78, 5) is 26.0. The van der Waals surface area contributed by atoms with Gasteiger partial charge in [-0.1, -0.05) is 24.3 Å². The number of carbonyl (C=O) groups is 2. The first-order chi connectivity index (χ1) is 8.11. The molecule has 2 unspecified atom stereocenters. The number of piperidine rings is 1. The average Bonchev–Trinajstić information content (AvgIpc) is 2.81. The Morgan fingerprint density at radius 1 is 1.06 bits per heavy atom. The van der Waals surface area contributed by atoms with Crippen LogP contribution in [-0.4, -0.2) is 28.7 Å². The SMILES string of the molecule is CC1CCCC(C)N1C(=O)C(=O)C1C=CC=C1. The van der Waals surface area contributed by atoms with Crippen LogP contribution in [0, 0.1) is 5.92 Å². The minimum Gasteiger partial charge on any atom is -0.331 e. The summed E-state index contributed by atoms with van der Waals surface area (Å²) >= 11 is 0. The van der Waals surface area contributed by atoms with Crippen LogP contribution in [0.2, 0.25) is 0 Å². The van der Waals surface area contributed by atoms with E-state index in [1.165, 1.54) is 0 Å². The molecule has 0 aromatic heterocycles. The fraction of sp³-hybridized carbons (Fsp3) is 0.571. The molecule has 1 aliphatic carbocycles. The Hall–Kier alpha value is -1.38. The van der Waals surface area contributed by atoms with Crippen LogP contribution in [0.25, 0.3) is 0 Å². The second-order valence-corrected chi connectivity index (χ2v) is 5.00. The van der Waals surface area contributed by atoms with Crippen molar-refractivity contribution in [3.05, 3.63) is 24.3 Å². The highest BCUT2D eigenvalue weighted by Gasteiger charge is 2.34. The highest BCUT2D eigenvalue weighted by molar-refractivity contribution is 6.37. The third-order valence-corrected chi connectivity index (χ3v) is 3.69. The standard InChI is InChI=1S/C14H19NO2/c1-10-6-5-7-11(2)15(10)14(17)13(16)12-8-3-4-9-12/h3-4,8-12H,5-7H2,1-2H3. The van der Waals surface area contributed by atoms with Gasteiger partial charge < -0.3 is 4.90 Å². The first-order valence-electron chi connectivity index (χ1n) is 6.32. The first kappa shape index (κ1) is 12.1. The second-order valence-electron chi connectivity index (χ2n) is 5.00. The molecule has 1 aliphatic heterocycles. The average molecular weight is 233 g/mol. The molecule has 17 heavy (non-hydrogen) atoms. The van der Waals surface area contributed by atoms with Crippen molar-refractivity contribution in [1.29, 1.82) is 0 Å². The van der Waals surface area contributed by atoms with E-state index in [1.54, 1.807) is 17.1 Å². The number of carbonyl (C=O) groups excluding carboxylic acids is 2. The summed E-state index contributed by atoms with van der Waals surface area (Å²) in [7, 11) is 0. The zero-order chi connectivity index (χ0) is 12.4. The minimum absolute atomic E-state index is 0.185. The maximum absolute atomic E-state index is 12.2. The largest absolute Gasteiger partial charge is 0.331 e. The van der Waals surface area contributed by atoms with Gasteiger partial charge in [-0.05, 0) is 33.1 Å². The molecule has 0 saturated carbocycles. The van der Waals surface area contributed by atoms with Gasteiger partial charge in [0.2, 0.25) is 5.78 Å². The lowest BCUT2D eigenvalue weighted by atomic mass is 9.95. The molecule has 1 heterocycles. The monoisotopic (exact) mass is 233 g/mol. The third kappa shape index (κ3) is 2.33. The van der Waals surface area contributed by atoms with Crippen LogP contribution in [0.1, 0.15) is 33.1 Å². The molecule has 0 radical (unpaired) electrons. The Bertz CT molecular complexity index is 362. The van der Waals surface area contributed by atoms with Gasteiger partial charge in [-0.3, -0.25) is 9.59 Å². The predicted octanol–water partition coefficient (Wildman–Crippen LogP) is 2.09. The van der Waals surface area contributed by atoms with E-state index in [-0.39, 0.29) is 29.7 Å². The van der Waals surface area contributed by atoms with E-state index in [0.717, 1.165) is 19.3 Å². The van der Waals surface area contributed by atoms with Crippen molar-refractivity contribution in [1.82, 2.24) is 4.90 Å². The summed E-state index contributed by atoms with van der Waals surface area (Å²) in [5.74, 6) is -0.953. The molecule has 2 rings (SSSR count). The number of amides is 1. The van der Waals surface area contributed by atoms with Gasteiger partial charge >= 0.3 is 0 Å². The van der Waals surface area contributed by atoms with Crippen LogP contribution in [0.5, 0.6) is 0 Å². The second kappa shape index (κ2) is 4.86. The Morgan fingerprint density at radius 3 is 2.12 bits per heavy atom. The van der Waals surface area contributed by atoms with Crippen molar-refractivity contribution in [2.24, 2.45) is 5.92 Å². The zero-order valence-electron chi connectivity index (χ0n) is 10.4. The van der Waals surface area contributed by atoms with Gasteiger partial charge in [0.05, 0.1) is 5.92 Å². The quantitative estimate of drug-likeness (QED) is 0.685. The number of rotatable bonds is 2. The van der Waals surface area contributed by atoms with Crippen LogP contribution in [0.3, 0.4) is 0 Å². The van der Waals surface area contributed by atoms with Gasteiger partial charge in [-0.2, -0.15) is 0 Å². The molecule has 92 valence electrons. The fourth-order valence-electron chi connectivity index (χ4n) is 2.70. The normalized spacial score (nSPS) is 28.7. The smallest absolute Gasteiger partial charge is 0.291 e. The Kier molecular flexibility index (Phi) is 3.46. The molecule has 0 spiro atoms. The third-order valence-electron chi connectivity index (χ3n) is 3.69. The van der Waals surface area contributed by atoms with Gasteiger partial charge in [0.1, 0.15) is 0 Å². The lowest BCUT2D eigenvalue weighted by Crippen LogP contribution is -2.51. The van der Waals surface area contributed by atoms with E-state index in [2.05, 4.69) is 0 Å². The van der Waals surface area contributed by atoms with Gasteiger partial charge in [0.25, 0.3) is 5.91 Å². The van der Waals surface area contributed by atoms with Crippen LogP contribution >= 0.6 is 0 Å². The molecule has 3 heteroatoms. The fourth-order valence-corrected chi connectivity index (χ4v) is 2.70. The molecular weight excluding hydrogens is 214 g/mol.